The van der Waals surface area contributed by atoms with Crippen molar-refractivity contribution in [3.05, 3.63) is 33.8 Å². The number of hydrogen-bond acceptors (Lipinski definition) is 3. The number of nitrogens with zero attached hydrogens (tertiary/aromatic N) is 2. The summed E-state index contributed by atoms with van der Waals surface area (Å²) in [5.74, 6) is -4.32. The van der Waals surface area contributed by atoms with Gasteiger partial charge in [0.05, 0.1) is 16.6 Å². The van der Waals surface area contributed by atoms with E-state index >= 15 is 0 Å². The van der Waals surface area contributed by atoms with Crippen LogP contribution in [0.25, 0.3) is 0 Å². The summed E-state index contributed by atoms with van der Waals surface area (Å²) in [6, 6.07) is -0.731. The highest BCUT2D eigenvalue weighted by Gasteiger charge is 2.41. The van der Waals surface area contributed by atoms with Gasteiger partial charge in [0.25, 0.3) is 5.91 Å². The topological polar surface area (TPSA) is 98.2 Å². The Hall–Kier alpha value is -2.23. The van der Waals surface area contributed by atoms with Crippen LogP contribution in [0.5, 0.6) is 0 Å². The van der Waals surface area contributed by atoms with Crippen molar-refractivity contribution in [1.29, 1.82) is 0 Å². The number of carboxylic acids is 1. The maximum Gasteiger partial charge on any atom is 0.407 e. The van der Waals surface area contributed by atoms with E-state index in [1.807, 2.05) is 0 Å². The Balaban J connectivity index is 2.38. The summed E-state index contributed by atoms with van der Waals surface area (Å²) in [6.07, 6.45) is -1.32. The van der Waals surface area contributed by atoms with Crippen LogP contribution in [-0.2, 0) is 4.79 Å². The Morgan fingerprint density at radius 1 is 1.12 bits per heavy atom. The molecule has 1 saturated heterocycles. The zero-order chi connectivity index (χ0) is 18.2. The highest BCUT2D eigenvalue weighted by Crippen LogP contribution is 2.24. The minimum absolute atomic E-state index is 0.171. The predicted molar refractivity (Wildman–Crippen MR) is 80.7 cm³/mol. The second kappa shape index (κ2) is 6.71. The molecule has 1 aliphatic heterocycles. The molecule has 1 aromatic carbocycles. The van der Waals surface area contributed by atoms with Crippen molar-refractivity contribution in [3.8, 4) is 0 Å². The van der Waals surface area contributed by atoms with Crippen LogP contribution < -0.4 is 0 Å². The molecular weight excluding hydrogens is 394 g/mol. The maximum absolute atomic E-state index is 14.0. The number of benzene rings is 1. The molecule has 1 aliphatic rings. The van der Waals surface area contributed by atoms with Crippen molar-refractivity contribution in [2.45, 2.75) is 19.0 Å². The first kappa shape index (κ1) is 18.1. The first-order chi connectivity index (χ1) is 11.1. The Morgan fingerprint density at radius 2 is 1.75 bits per heavy atom. The van der Waals surface area contributed by atoms with Crippen LogP contribution in [-0.4, -0.2) is 63.2 Å². The van der Waals surface area contributed by atoms with Crippen LogP contribution >= 0.6 is 15.9 Å². The summed E-state index contributed by atoms with van der Waals surface area (Å²) in [6.45, 7) is 0.780. The lowest BCUT2D eigenvalue weighted by atomic mass is 10.1. The number of carbonyl (C=O) groups excluding carboxylic acids is 1. The Bertz CT molecular complexity index is 715. The minimum Gasteiger partial charge on any atom is -0.480 e. The van der Waals surface area contributed by atoms with E-state index in [4.69, 9.17) is 5.11 Å². The third-order valence-corrected chi connectivity index (χ3v) is 4.38. The van der Waals surface area contributed by atoms with Gasteiger partial charge in [-0.1, -0.05) is 0 Å². The molecule has 1 heterocycles. The van der Waals surface area contributed by atoms with E-state index in [9.17, 15) is 28.3 Å². The van der Waals surface area contributed by atoms with Crippen molar-refractivity contribution in [3.63, 3.8) is 0 Å². The molecule has 1 aromatic rings. The lowest BCUT2D eigenvalue weighted by molar-refractivity contribution is -0.144. The number of aliphatic carboxylic acids is 1. The number of amides is 2. The van der Waals surface area contributed by atoms with Gasteiger partial charge >= 0.3 is 12.1 Å². The fourth-order valence-corrected chi connectivity index (χ4v) is 2.83. The third-order valence-electron chi connectivity index (χ3n) is 3.77. The second-order valence-electron chi connectivity index (χ2n) is 5.34. The molecular formula is C14H13BrF2N2O5. The highest BCUT2D eigenvalue weighted by molar-refractivity contribution is 9.10. The predicted octanol–water partition coefficient (Wildman–Crippen LogP) is 2.00. The van der Waals surface area contributed by atoms with Gasteiger partial charge in [-0.2, -0.15) is 0 Å². The number of hydrogen-bond donors (Lipinski definition) is 2. The first-order valence-corrected chi connectivity index (χ1v) is 7.60. The number of carboxylic acid groups (broad SMARTS) is 2. The fourth-order valence-electron chi connectivity index (χ4n) is 2.52. The SMILES string of the molecule is C[C@@H]1CN(C(=O)c2cc(F)c(Br)cc2F)C(C(=O)O)CN1C(=O)O. The summed E-state index contributed by atoms with van der Waals surface area (Å²) >= 11 is 2.79. The summed E-state index contributed by atoms with van der Waals surface area (Å²) in [4.78, 5) is 36.8. The van der Waals surface area contributed by atoms with Gasteiger partial charge < -0.3 is 20.0 Å². The van der Waals surface area contributed by atoms with E-state index in [1.54, 1.807) is 0 Å². The average molecular weight is 407 g/mol. The summed E-state index contributed by atoms with van der Waals surface area (Å²) < 4.78 is 27.4. The van der Waals surface area contributed by atoms with Gasteiger partial charge in [-0.05, 0) is 35.0 Å². The van der Waals surface area contributed by atoms with E-state index in [0.29, 0.717) is 6.07 Å². The van der Waals surface area contributed by atoms with E-state index < -0.39 is 53.8 Å². The van der Waals surface area contributed by atoms with E-state index in [1.165, 1.54) is 6.92 Å². The molecule has 0 aliphatic carbocycles. The monoisotopic (exact) mass is 406 g/mol. The molecule has 130 valence electrons. The number of piperazine rings is 1. The third kappa shape index (κ3) is 3.32. The van der Waals surface area contributed by atoms with Gasteiger partial charge in [0.1, 0.15) is 17.7 Å². The second-order valence-corrected chi connectivity index (χ2v) is 6.20. The van der Waals surface area contributed by atoms with Gasteiger partial charge in [0.15, 0.2) is 0 Å². The molecule has 7 nitrogen and oxygen atoms in total. The molecule has 2 rings (SSSR count). The Kier molecular flexibility index (Phi) is 5.07. The van der Waals surface area contributed by atoms with Crippen molar-refractivity contribution >= 4 is 33.9 Å². The van der Waals surface area contributed by atoms with Gasteiger partial charge in [0.2, 0.25) is 0 Å². The van der Waals surface area contributed by atoms with Crippen molar-refractivity contribution < 1.29 is 33.4 Å². The molecule has 0 saturated carbocycles. The molecule has 2 amide bonds. The van der Waals surface area contributed by atoms with Gasteiger partial charge in [-0.25, -0.2) is 18.4 Å². The number of carbonyl (C=O) groups is 3. The van der Waals surface area contributed by atoms with E-state index in [-0.39, 0.29) is 11.0 Å². The molecule has 0 bridgehead atoms. The molecule has 10 heteroatoms. The zero-order valence-corrected chi connectivity index (χ0v) is 14.0. The molecule has 0 aromatic heterocycles. The Morgan fingerprint density at radius 3 is 2.29 bits per heavy atom. The van der Waals surface area contributed by atoms with Crippen molar-refractivity contribution in [1.82, 2.24) is 9.80 Å². The lowest BCUT2D eigenvalue weighted by Crippen LogP contribution is -2.62. The standard InChI is InChI=1S/C14H13BrF2N2O5/c1-6-4-19(11(13(21)22)5-18(6)14(23)24)12(20)7-2-10(17)8(15)3-9(7)16/h2-3,6,11H,4-5H2,1H3,(H,21,22)(H,23,24)/t6-,11?/m1/s1. The normalized spacial score (nSPS) is 20.8. The average Bonchev–Trinajstić information content (AvgIpc) is 2.49. The summed E-state index contributed by atoms with van der Waals surface area (Å²) in [7, 11) is 0. The van der Waals surface area contributed by atoms with Crippen molar-refractivity contribution in [2.24, 2.45) is 0 Å². The van der Waals surface area contributed by atoms with Crippen LogP contribution in [0.4, 0.5) is 13.6 Å². The summed E-state index contributed by atoms with van der Waals surface area (Å²) in [5.41, 5.74) is -0.613. The Labute approximate surface area is 143 Å². The smallest absolute Gasteiger partial charge is 0.407 e. The molecule has 1 fully saturated rings. The molecule has 0 radical (unpaired) electrons. The quantitative estimate of drug-likeness (QED) is 0.731. The molecule has 0 spiro atoms. The van der Waals surface area contributed by atoms with Crippen LogP contribution in [0.2, 0.25) is 0 Å². The van der Waals surface area contributed by atoms with Gasteiger partial charge in [0, 0.05) is 12.6 Å². The number of rotatable bonds is 2. The maximum atomic E-state index is 14.0. The fraction of sp³-hybridized carbons (Fsp3) is 0.357. The summed E-state index contributed by atoms with van der Waals surface area (Å²) in [5, 5.41) is 18.3. The van der Waals surface area contributed by atoms with Gasteiger partial charge in [-0.15, -0.1) is 0 Å². The van der Waals surface area contributed by atoms with E-state index in [2.05, 4.69) is 15.9 Å². The first-order valence-electron chi connectivity index (χ1n) is 6.81. The van der Waals surface area contributed by atoms with E-state index in [0.717, 1.165) is 15.9 Å². The highest BCUT2D eigenvalue weighted by atomic mass is 79.9. The molecule has 2 atom stereocenters. The van der Waals surface area contributed by atoms with Crippen LogP contribution in [0.3, 0.4) is 0 Å². The largest absolute Gasteiger partial charge is 0.480 e. The van der Waals surface area contributed by atoms with Crippen LogP contribution in [0, 0.1) is 11.6 Å². The van der Waals surface area contributed by atoms with Crippen LogP contribution in [0.15, 0.2) is 16.6 Å². The molecule has 2 N–H and O–H groups in total. The number of halogens is 3. The minimum atomic E-state index is -1.49. The lowest BCUT2D eigenvalue weighted by Gasteiger charge is -2.42. The van der Waals surface area contributed by atoms with Gasteiger partial charge in [-0.3, -0.25) is 4.79 Å². The molecule has 1 unspecified atom stereocenters. The zero-order valence-electron chi connectivity index (χ0n) is 12.4. The van der Waals surface area contributed by atoms with Crippen LogP contribution in [0.1, 0.15) is 17.3 Å². The van der Waals surface area contributed by atoms with Crippen molar-refractivity contribution in [2.75, 3.05) is 13.1 Å². The molecule has 24 heavy (non-hydrogen) atoms.